The Bertz CT molecular complexity index is 591. The van der Waals surface area contributed by atoms with Crippen molar-refractivity contribution in [3.8, 4) is 0 Å². The van der Waals surface area contributed by atoms with Gasteiger partial charge in [0.05, 0.1) is 4.92 Å². The Hall–Kier alpha value is -2.20. The monoisotopic (exact) mass is 284 g/mol. The quantitative estimate of drug-likeness (QED) is 0.648. The van der Waals surface area contributed by atoms with E-state index in [0.717, 1.165) is 18.5 Å². The second-order valence-electron chi connectivity index (χ2n) is 5.15. The molecule has 4 heteroatoms. The van der Waals surface area contributed by atoms with E-state index in [1.54, 1.807) is 12.1 Å². The third-order valence-electron chi connectivity index (χ3n) is 3.52. The van der Waals surface area contributed by atoms with Gasteiger partial charge in [0, 0.05) is 18.2 Å². The third kappa shape index (κ3) is 4.13. The first-order valence-electron chi connectivity index (χ1n) is 7.13. The largest absolute Gasteiger partial charge is 0.310 e. The van der Waals surface area contributed by atoms with Crippen molar-refractivity contribution in [2.75, 3.05) is 6.54 Å². The molecule has 0 saturated carbocycles. The van der Waals surface area contributed by atoms with Gasteiger partial charge in [0.2, 0.25) is 0 Å². The smallest absolute Gasteiger partial charge is 0.269 e. The summed E-state index contributed by atoms with van der Waals surface area (Å²) in [5, 5.41) is 14.2. The molecule has 0 aliphatic carbocycles. The van der Waals surface area contributed by atoms with Crippen LogP contribution in [0.2, 0.25) is 0 Å². The van der Waals surface area contributed by atoms with Gasteiger partial charge in [-0.3, -0.25) is 10.1 Å². The van der Waals surface area contributed by atoms with Gasteiger partial charge in [0.15, 0.2) is 0 Å². The van der Waals surface area contributed by atoms with Crippen LogP contribution >= 0.6 is 0 Å². The molecule has 0 saturated heterocycles. The van der Waals surface area contributed by atoms with Gasteiger partial charge in [-0.15, -0.1) is 0 Å². The Morgan fingerprint density at radius 3 is 2.24 bits per heavy atom. The Morgan fingerprint density at radius 2 is 1.71 bits per heavy atom. The zero-order valence-electron chi connectivity index (χ0n) is 12.4. The lowest BCUT2D eigenvalue weighted by Crippen LogP contribution is -2.22. The number of nitrogens with zero attached hydrogens (tertiary/aromatic N) is 1. The summed E-state index contributed by atoms with van der Waals surface area (Å²) in [7, 11) is 0. The number of nitro groups is 1. The second kappa shape index (κ2) is 6.99. The third-order valence-corrected chi connectivity index (χ3v) is 3.52. The van der Waals surface area contributed by atoms with Crippen LogP contribution in [0.4, 0.5) is 5.69 Å². The van der Waals surface area contributed by atoms with Crippen molar-refractivity contribution >= 4 is 5.69 Å². The van der Waals surface area contributed by atoms with Crippen molar-refractivity contribution < 1.29 is 4.92 Å². The lowest BCUT2D eigenvalue weighted by molar-refractivity contribution is -0.384. The van der Waals surface area contributed by atoms with Gasteiger partial charge in [-0.1, -0.05) is 48.9 Å². The normalized spacial score (nSPS) is 12.1. The number of hydrogen-bond donors (Lipinski definition) is 1. The molecule has 0 aliphatic rings. The minimum Gasteiger partial charge on any atom is -0.310 e. The molecule has 0 heterocycles. The van der Waals surface area contributed by atoms with Gasteiger partial charge in [-0.25, -0.2) is 0 Å². The van der Waals surface area contributed by atoms with Crippen molar-refractivity contribution in [1.29, 1.82) is 0 Å². The molecule has 1 unspecified atom stereocenters. The summed E-state index contributed by atoms with van der Waals surface area (Å²) in [4.78, 5) is 10.3. The molecule has 0 fully saturated rings. The highest BCUT2D eigenvalue weighted by Gasteiger charge is 2.12. The molecule has 0 amide bonds. The van der Waals surface area contributed by atoms with Crippen LogP contribution in [0.15, 0.2) is 48.5 Å². The summed E-state index contributed by atoms with van der Waals surface area (Å²) in [5.41, 5.74) is 3.70. The van der Waals surface area contributed by atoms with E-state index in [2.05, 4.69) is 43.4 Å². The highest BCUT2D eigenvalue weighted by molar-refractivity contribution is 5.34. The second-order valence-corrected chi connectivity index (χ2v) is 5.15. The minimum absolute atomic E-state index is 0.133. The van der Waals surface area contributed by atoms with E-state index in [1.807, 2.05) is 12.1 Å². The van der Waals surface area contributed by atoms with Gasteiger partial charge in [0.25, 0.3) is 5.69 Å². The van der Waals surface area contributed by atoms with Crippen molar-refractivity contribution in [3.05, 3.63) is 75.3 Å². The lowest BCUT2D eigenvalue weighted by Gasteiger charge is -2.18. The Labute approximate surface area is 125 Å². The Balaban J connectivity index is 2.15. The van der Waals surface area contributed by atoms with E-state index in [1.165, 1.54) is 11.1 Å². The molecule has 110 valence electrons. The van der Waals surface area contributed by atoms with E-state index in [0.29, 0.717) is 0 Å². The fraction of sp³-hybridized carbons (Fsp3) is 0.294. The summed E-state index contributed by atoms with van der Waals surface area (Å²) >= 11 is 0. The average molecular weight is 284 g/mol. The van der Waals surface area contributed by atoms with Gasteiger partial charge < -0.3 is 5.32 Å². The molecule has 2 aromatic carbocycles. The average Bonchev–Trinajstić information content (AvgIpc) is 2.48. The lowest BCUT2D eigenvalue weighted by atomic mass is 9.98. The predicted molar refractivity (Wildman–Crippen MR) is 84.4 cm³/mol. The number of likely N-dealkylation sites (N-methyl/N-ethyl adjacent to an activating group) is 1. The molecule has 1 N–H and O–H groups in total. The van der Waals surface area contributed by atoms with Crippen LogP contribution in [-0.4, -0.2) is 11.5 Å². The molecular weight excluding hydrogens is 264 g/mol. The Kier molecular flexibility index (Phi) is 5.06. The van der Waals surface area contributed by atoms with Crippen molar-refractivity contribution in [2.45, 2.75) is 26.3 Å². The van der Waals surface area contributed by atoms with Gasteiger partial charge in [-0.2, -0.15) is 0 Å². The molecule has 0 aliphatic heterocycles. The van der Waals surface area contributed by atoms with E-state index < -0.39 is 0 Å². The number of nitro benzene ring substituents is 1. The van der Waals surface area contributed by atoms with Crippen molar-refractivity contribution in [3.63, 3.8) is 0 Å². The molecule has 0 aromatic heterocycles. The van der Waals surface area contributed by atoms with E-state index in [4.69, 9.17) is 0 Å². The molecule has 1 atom stereocenters. The summed E-state index contributed by atoms with van der Waals surface area (Å²) in [6.07, 6.45) is 0.814. The zero-order chi connectivity index (χ0) is 15.2. The van der Waals surface area contributed by atoms with Crippen LogP contribution in [0.5, 0.6) is 0 Å². The zero-order valence-corrected chi connectivity index (χ0v) is 12.4. The van der Waals surface area contributed by atoms with Crippen molar-refractivity contribution in [1.82, 2.24) is 5.32 Å². The predicted octanol–water partition coefficient (Wildman–Crippen LogP) is 3.80. The molecule has 0 bridgehead atoms. The molecular formula is C17H20N2O2. The SMILES string of the molecule is CCNC(Cc1ccc([N+](=O)[O-])cc1)c1ccc(C)cc1. The van der Waals surface area contributed by atoms with Crippen LogP contribution in [-0.2, 0) is 6.42 Å². The molecule has 21 heavy (non-hydrogen) atoms. The number of non-ortho nitro benzene ring substituents is 1. The van der Waals surface area contributed by atoms with Crippen LogP contribution in [0.1, 0.15) is 29.7 Å². The summed E-state index contributed by atoms with van der Waals surface area (Å²) in [6.45, 7) is 5.03. The number of rotatable bonds is 6. The van der Waals surface area contributed by atoms with Crippen molar-refractivity contribution in [2.24, 2.45) is 0 Å². The van der Waals surface area contributed by atoms with E-state index in [9.17, 15) is 10.1 Å². The Morgan fingerprint density at radius 1 is 1.10 bits per heavy atom. The standard InChI is InChI=1S/C17H20N2O2/c1-3-18-17(15-8-4-13(2)5-9-15)12-14-6-10-16(11-7-14)19(20)21/h4-11,17-18H,3,12H2,1-2H3. The summed E-state index contributed by atoms with van der Waals surface area (Å²) in [5.74, 6) is 0. The van der Waals surface area contributed by atoms with Crippen LogP contribution in [0.25, 0.3) is 0 Å². The fourth-order valence-electron chi connectivity index (χ4n) is 2.34. The van der Waals surface area contributed by atoms with Gasteiger partial charge in [-0.05, 0) is 31.0 Å². The number of benzene rings is 2. The summed E-state index contributed by atoms with van der Waals surface area (Å²) < 4.78 is 0. The van der Waals surface area contributed by atoms with Gasteiger partial charge >= 0.3 is 0 Å². The number of hydrogen-bond acceptors (Lipinski definition) is 3. The first kappa shape index (κ1) is 15.2. The van der Waals surface area contributed by atoms with Crippen LogP contribution < -0.4 is 5.32 Å². The molecule has 2 aromatic rings. The maximum Gasteiger partial charge on any atom is 0.269 e. The summed E-state index contributed by atoms with van der Waals surface area (Å²) in [6, 6.07) is 15.5. The first-order valence-corrected chi connectivity index (χ1v) is 7.13. The molecule has 2 rings (SSSR count). The highest BCUT2D eigenvalue weighted by Crippen LogP contribution is 2.21. The van der Waals surface area contributed by atoms with Crippen LogP contribution in [0, 0.1) is 17.0 Å². The maximum atomic E-state index is 10.7. The highest BCUT2D eigenvalue weighted by atomic mass is 16.6. The van der Waals surface area contributed by atoms with E-state index in [-0.39, 0.29) is 16.7 Å². The minimum atomic E-state index is -0.370. The fourth-order valence-corrected chi connectivity index (χ4v) is 2.34. The van der Waals surface area contributed by atoms with Gasteiger partial charge in [0.1, 0.15) is 0 Å². The first-order chi connectivity index (χ1) is 10.1. The topological polar surface area (TPSA) is 55.2 Å². The van der Waals surface area contributed by atoms with E-state index >= 15 is 0 Å². The molecule has 0 spiro atoms. The van der Waals surface area contributed by atoms with Crippen LogP contribution in [0.3, 0.4) is 0 Å². The molecule has 0 radical (unpaired) electrons. The number of nitrogens with one attached hydrogen (secondary N) is 1. The number of aryl methyl sites for hydroxylation is 1. The maximum absolute atomic E-state index is 10.7. The molecule has 4 nitrogen and oxygen atoms in total.